The molecule has 0 spiro atoms. The predicted molar refractivity (Wildman–Crippen MR) is 76.6 cm³/mol. The minimum atomic E-state index is -3.32. The molecule has 0 aliphatic rings. The summed E-state index contributed by atoms with van der Waals surface area (Å²) in [5.41, 5.74) is 6.15. The molecule has 1 aromatic rings. The Balaban J connectivity index is 2.81. The van der Waals surface area contributed by atoms with E-state index in [1.165, 1.54) is 12.1 Å². The number of halogens is 1. The molecule has 0 heterocycles. The predicted octanol–water partition coefficient (Wildman–Crippen LogP) is 3.52. The molecule has 0 saturated carbocycles. The van der Waals surface area contributed by atoms with E-state index in [1.807, 2.05) is 0 Å². The molecule has 2 N–H and O–H groups in total. The van der Waals surface area contributed by atoms with E-state index in [9.17, 15) is 8.42 Å². The highest BCUT2D eigenvalue weighted by atomic mass is 35.5. The first-order valence-electron chi connectivity index (χ1n) is 5.90. The van der Waals surface area contributed by atoms with E-state index in [2.05, 4.69) is 20.8 Å². The lowest BCUT2D eigenvalue weighted by atomic mass is 9.91. The lowest BCUT2D eigenvalue weighted by molar-refractivity contribution is 0.373. The first-order chi connectivity index (χ1) is 8.12. The zero-order valence-electron chi connectivity index (χ0n) is 11.0. The molecular formula is C13H20ClNO2S. The second kappa shape index (κ2) is 5.49. The van der Waals surface area contributed by atoms with Crippen molar-refractivity contribution in [3.63, 3.8) is 0 Å². The maximum atomic E-state index is 12.1. The van der Waals surface area contributed by atoms with Gasteiger partial charge in [0.05, 0.1) is 15.7 Å². The van der Waals surface area contributed by atoms with Crippen molar-refractivity contribution in [2.24, 2.45) is 5.41 Å². The van der Waals surface area contributed by atoms with Crippen LogP contribution in [0.5, 0.6) is 0 Å². The second-order valence-electron chi connectivity index (χ2n) is 5.67. The third kappa shape index (κ3) is 4.50. The van der Waals surface area contributed by atoms with Gasteiger partial charge in [0.15, 0.2) is 9.84 Å². The summed E-state index contributed by atoms with van der Waals surface area (Å²) >= 11 is 5.92. The van der Waals surface area contributed by atoms with Crippen LogP contribution in [0.25, 0.3) is 0 Å². The molecule has 3 nitrogen and oxygen atoms in total. The molecule has 0 fully saturated rings. The molecule has 5 heteroatoms. The molecular weight excluding hydrogens is 270 g/mol. The lowest BCUT2D eigenvalue weighted by Gasteiger charge is -2.17. The van der Waals surface area contributed by atoms with Gasteiger partial charge in [0.1, 0.15) is 0 Å². The summed E-state index contributed by atoms with van der Waals surface area (Å²) < 4.78 is 24.2. The Morgan fingerprint density at radius 2 is 1.89 bits per heavy atom. The average molecular weight is 290 g/mol. The molecule has 1 rings (SSSR count). The average Bonchev–Trinajstić information content (AvgIpc) is 2.13. The number of nitrogen functional groups attached to an aromatic ring is 1. The van der Waals surface area contributed by atoms with Gasteiger partial charge in [0, 0.05) is 5.69 Å². The summed E-state index contributed by atoms with van der Waals surface area (Å²) in [7, 11) is -3.32. The monoisotopic (exact) mass is 289 g/mol. The van der Waals surface area contributed by atoms with Crippen molar-refractivity contribution in [3.8, 4) is 0 Å². The summed E-state index contributed by atoms with van der Waals surface area (Å²) in [5.74, 6) is 0.119. The summed E-state index contributed by atoms with van der Waals surface area (Å²) in [5, 5.41) is 0.200. The van der Waals surface area contributed by atoms with Crippen molar-refractivity contribution >= 4 is 27.1 Å². The fourth-order valence-corrected chi connectivity index (χ4v) is 3.59. The van der Waals surface area contributed by atoms with E-state index >= 15 is 0 Å². The van der Waals surface area contributed by atoms with Gasteiger partial charge in [-0.15, -0.1) is 0 Å². The Bertz CT molecular complexity index is 518. The summed E-state index contributed by atoms with van der Waals surface area (Å²) in [6.07, 6.45) is 1.49. The maximum absolute atomic E-state index is 12.1. The summed E-state index contributed by atoms with van der Waals surface area (Å²) in [6.45, 7) is 6.28. The fraction of sp³-hybridized carbons (Fsp3) is 0.538. The van der Waals surface area contributed by atoms with E-state index in [-0.39, 0.29) is 21.1 Å². The van der Waals surface area contributed by atoms with E-state index in [1.54, 1.807) is 6.07 Å². The molecule has 0 radical (unpaired) electrons. The summed E-state index contributed by atoms with van der Waals surface area (Å²) in [4.78, 5) is 0.173. The van der Waals surface area contributed by atoms with Gasteiger partial charge in [-0.1, -0.05) is 32.4 Å². The zero-order valence-corrected chi connectivity index (χ0v) is 12.6. The highest BCUT2D eigenvalue weighted by Gasteiger charge is 2.19. The number of hydrogen-bond donors (Lipinski definition) is 1. The topological polar surface area (TPSA) is 60.2 Å². The van der Waals surface area contributed by atoms with Crippen LogP contribution >= 0.6 is 11.6 Å². The van der Waals surface area contributed by atoms with Crippen LogP contribution in [0, 0.1) is 5.41 Å². The van der Waals surface area contributed by atoms with Crippen LogP contribution in [-0.2, 0) is 9.84 Å². The first kappa shape index (κ1) is 15.3. The number of nitrogens with two attached hydrogens (primary N) is 1. The first-order valence-corrected chi connectivity index (χ1v) is 7.93. The van der Waals surface area contributed by atoms with Crippen molar-refractivity contribution in [2.45, 2.75) is 38.5 Å². The van der Waals surface area contributed by atoms with Gasteiger partial charge in [-0.3, -0.25) is 0 Å². The van der Waals surface area contributed by atoms with Crippen LogP contribution in [0.3, 0.4) is 0 Å². The Labute approximate surface area is 114 Å². The maximum Gasteiger partial charge on any atom is 0.179 e. The molecule has 102 valence electrons. The molecule has 1 aromatic carbocycles. The van der Waals surface area contributed by atoms with Crippen molar-refractivity contribution in [1.82, 2.24) is 0 Å². The lowest BCUT2D eigenvalue weighted by Crippen LogP contribution is -2.12. The van der Waals surface area contributed by atoms with Gasteiger partial charge in [0.2, 0.25) is 0 Å². The quantitative estimate of drug-likeness (QED) is 0.863. The van der Waals surface area contributed by atoms with Crippen molar-refractivity contribution in [3.05, 3.63) is 23.2 Å². The highest BCUT2D eigenvalue weighted by molar-refractivity contribution is 7.91. The standard InChI is InChI=1S/C13H20ClNO2S/c1-13(2,3)7-4-8-18(16,17)12-6-5-10(15)9-11(12)14/h5-6,9H,4,7-8,15H2,1-3H3. The Kier molecular flexibility index (Phi) is 4.67. The van der Waals surface area contributed by atoms with Gasteiger partial charge in [-0.25, -0.2) is 8.42 Å². The molecule has 0 bridgehead atoms. The van der Waals surface area contributed by atoms with Gasteiger partial charge >= 0.3 is 0 Å². The Morgan fingerprint density at radius 3 is 2.39 bits per heavy atom. The number of benzene rings is 1. The van der Waals surface area contributed by atoms with Crippen molar-refractivity contribution < 1.29 is 8.42 Å². The number of sulfone groups is 1. The van der Waals surface area contributed by atoms with Crippen molar-refractivity contribution in [2.75, 3.05) is 11.5 Å². The largest absolute Gasteiger partial charge is 0.399 e. The number of anilines is 1. The molecule has 0 atom stereocenters. The highest BCUT2D eigenvalue weighted by Crippen LogP contribution is 2.27. The van der Waals surface area contributed by atoms with Crippen LogP contribution in [0.15, 0.2) is 23.1 Å². The fourth-order valence-electron chi connectivity index (χ4n) is 1.67. The molecule has 0 aliphatic carbocycles. The normalized spacial score (nSPS) is 12.7. The van der Waals surface area contributed by atoms with Gasteiger partial charge < -0.3 is 5.73 Å². The minimum absolute atomic E-state index is 0.119. The summed E-state index contributed by atoms with van der Waals surface area (Å²) in [6, 6.07) is 4.50. The smallest absolute Gasteiger partial charge is 0.179 e. The van der Waals surface area contributed by atoms with E-state index < -0.39 is 9.84 Å². The third-order valence-electron chi connectivity index (χ3n) is 2.63. The minimum Gasteiger partial charge on any atom is -0.399 e. The van der Waals surface area contributed by atoms with Crippen molar-refractivity contribution in [1.29, 1.82) is 0 Å². The Morgan fingerprint density at radius 1 is 1.28 bits per heavy atom. The van der Waals surface area contributed by atoms with Crippen LogP contribution in [0.4, 0.5) is 5.69 Å². The molecule has 0 amide bonds. The molecule has 0 aromatic heterocycles. The molecule has 18 heavy (non-hydrogen) atoms. The van der Waals surface area contributed by atoms with Crippen LogP contribution in [-0.4, -0.2) is 14.2 Å². The number of rotatable bonds is 4. The van der Waals surface area contributed by atoms with E-state index in [4.69, 9.17) is 17.3 Å². The van der Waals surface area contributed by atoms with E-state index in [0.717, 1.165) is 6.42 Å². The van der Waals surface area contributed by atoms with Gasteiger partial charge in [-0.05, 0) is 36.5 Å². The van der Waals surface area contributed by atoms with Crippen LogP contribution in [0.2, 0.25) is 5.02 Å². The third-order valence-corrected chi connectivity index (χ3v) is 4.91. The van der Waals surface area contributed by atoms with Crippen LogP contribution in [0.1, 0.15) is 33.6 Å². The molecule has 0 aliphatic heterocycles. The molecule has 0 saturated heterocycles. The van der Waals surface area contributed by atoms with Gasteiger partial charge in [0.25, 0.3) is 0 Å². The SMILES string of the molecule is CC(C)(C)CCCS(=O)(=O)c1ccc(N)cc1Cl. The number of hydrogen-bond acceptors (Lipinski definition) is 3. The van der Waals surface area contributed by atoms with Crippen LogP contribution < -0.4 is 5.73 Å². The molecule has 0 unspecified atom stereocenters. The Hall–Kier alpha value is -0.740. The van der Waals surface area contributed by atoms with Gasteiger partial charge in [-0.2, -0.15) is 0 Å². The second-order valence-corrected chi connectivity index (χ2v) is 8.16. The zero-order chi connectivity index (χ0) is 14.0. The van der Waals surface area contributed by atoms with E-state index in [0.29, 0.717) is 12.1 Å².